The molecule has 0 unspecified atom stereocenters. The number of amides is 1. The molecule has 3 atom stereocenters. The first-order chi connectivity index (χ1) is 11.8. The first-order valence-corrected chi connectivity index (χ1v) is 9.32. The monoisotopic (exact) mass is 329 g/mol. The lowest BCUT2D eigenvalue weighted by Gasteiger charge is -2.22. The number of rotatable bonds is 5. The fourth-order valence-electron chi connectivity index (χ4n) is 4.62. The van der Waals surface area contributed by atoms with Gasteiger partial charge in [-0.3, -0.25) is 9.78 Å². The van der Waals surface area contributed by atoms with Gasteiger partial charge in [0.1, 0.15) is 0 Å². The van der Waals surface area contributed by atoms with Crippen LogP contribution in [0.15, 0.2) is 24.5 Å². The Kier molecular flexibility index (Phi) is 4.81. The lowest BCUT2D eigenvalue weighted by atomic mass is 9.93. The molecule has 2 saturated heterocycles. The highest BCUT2D eigenvalue weighted by Gasteiger charge is 2.44. The second-order valence-electron chi connectivity index (χ2n) is 7.62. The van der Waals surface area contributed by atoms with Gasteiger partial charge in [-0.15, -0.1) is 0 Å². The smallest absolute Gasteiger partial charge is 0.252 e. The summed E-state index contributed by atoms with van der Waals surface area (Å²) in [7, 11) is 0. The van der Waals surface area contributed by atoms with E-state index >= 15 is 0 Å². The van der Waals surface area contributed by atoms with Gasteiger partial charge in [-0.05, 0) is 30.9 Å². The summed E-state index contributed by atoms with van der Waals surface area (Å²) in [6.45, 7) is 4.93. The van der Waals surface area contributed by atoms with E-state index in [0.29, 0.717) is 30.0 Å². The molecule has 1 aromatic heterocycles. The van der Waals surface area contributed by atoms with Crippen molar-refractivity contribution in [3.05, 3.63) is 30.1 Å². The van der Waals surface area contributed by atoms with Gasteiger partial charge in [-0.1, -0.05) is 12.8 Å². The van der Waals surface area contributed by atoms with E-state index < -0.39 is 0 Å². The lowest BCUT2D eigenvalue weighted by Crippen LogP contribution is -2.34. The predicted molar refractivity (Wildman–Crippen MR) is 91.7 cm³/mol. The van der Waals surface area contributed by atoms with E-state index in [4.69, 9.17) is 4.74 Å². The molecular weight excluding hydrogens is 302 g/mol. The van der Waals surface area contributed by atoms with E-state index in [1.165, 1.54) is 32.2 Å². The molecule has 5 nitrogen and oxygen atoms in total. The van der Waals surface area contributed by atoms with Crippen LogP contribution in [0, 0.1) is 17.8 Å². The molecule has 3 heterocycles. The molecule has 24 heavy (non-hydrogen) atoms. The van der Waals surface area contributed by atoms with Crippen LogP contribution >= 0.6 is 0 Å². The lowest BCUT2D eigenvalue weighted by molar-refractivity contribution is 0.0894. The maximum atomic E-state index is 12.2. The molecule has 1 aliphatic carbocycles. The normalized spacial score (nSPS) is 30.6. The molecule has 5 heteroatoms. The van der Waals surface area contributed by atoms with Crippen molar-refractivity contribution in [2.45, 2.75) is 31.8 Å². The van der Waals surface area contributed by atoms with Crippen LogP contribution in [0.2, 0.25) is 0 Å². The van der Waals surface area contributed by atoms with Crippen LogP contribution in [0.3, 0.4) is 0 Å². The van der Waals surface area contributed by atoms with Crippen LogP contribution in [-0.2, 0) is 4.74 Å². The van der Waals surface area contributed by atoms with Crippen molar-refractivity contribution in [1.29, 1.82) is 0 Å². The van der Waals surface area contributed by atoms with E-state index in [9.17, 15) is 4.79 Å². The molecule has 1 N–H and O–H groups in total. The zero-order valence-corrected chi connectivity index (χ0v) is 14.2. The minimum absolute atomic E-state index is 0.0349. The highest BCUT2D eigenvalue weighted by molar-refractivity contribution is 5.93. The summed E-state index contributed by atoms with van der Waals surface area (Å²) >= 11 is 0. The second kappa shape index (κ2) is 7.19. The molecule has 0 spiro atoms. The zero-order chi connectivity index (χ0) is 16.4. The van der Waals surface area contributed by atoms with Crippen LogP contribution in [0.5, 0.6) is 0 Å². The van der Waals surface area contributed by atoms with Crippen molar-refractivity contribution in [1.82, 2.24) is 15.2 Å². The number of hydrogen-bond donors (Lipinski definition) is 1. The number of hydrogen-bond acceptors (Lipinski definition) is 4. The average molecular weight is 329 g/mol. The molecule has 2 aliphatic heterocycles. The van der Waals surface area contributed by atoms with Crippen molar-refractivity contribution < 1.29 is 9.53 Å². The number of nitrogens with one attached hydrogen (secondary N) is 1. The van der Waals surface area contributed by atoms with Crippen molar-refractivity contribution in [2.75, 3.05) is 32.8 Å². The van der Waals surface area contributed by atoms with Gasteiger partial charge in [-0.25, -0.2) is 0 Å². The summed E-state index contributed by atoms with van der Waals surface area (Å²) in [5, 5.41) is 3.06. The van der Waals surface area contributed by atoms with Crippen LogP contribution in [0.25, 0.3) is 0 Å². The quantitative estimate of drug-likeness (QED) is 0.897. The van der Waals surface area contributed by atoms with E-state index in [2.05, 4.69) is 15.2 Å². The Morgan fingerprint density at radius 2 is 2.21 bits per heavy atom. The third-order valence-electron chi connectivity index (χ3n) is 5.95. The summed E-state index contributed by atoms with van der Waals surface area (Å²) < 4.78 is 6.02. The maximum absolute atomic E-state index is 12.2. The van der Waals surface area contributed by atoms with E-state index in [1.54, 1.807) is 24.5 Å². The van der Waals surface area contributed by atoms with Gasteiger partial charge >= 0.3 is 0 Å². The molecule has 3 aliphatic rings. The molecule has 130 valence electrons. The summed E-state index contributed by atoms with van der Waals surface area (Å²) in [6.07, 6.45) is 9.28. The minimum Gasteiger partial charge on any atom is -0.376 e. The van der Waals surface area contributed by atoms with Crippen LogP contribution in [-0.4, -0.2) is 54.7 Å². The van der Waals surface area contributed by atoms with Gasteiger partial charge in [-0.2, -0.15) is 0 Å². The van der Waals surface area contributed by atoms with E-state index in [-0.39, 0.29) is 5.91 Å². The molecule has 0 aromatic carbocycles. The molecule has 1 amide bonds. The number of carbonyl (C=O) groups excluding carboxylic acids is 1. The van der Waals surface area contributed by atoms with Crippen molar-refractivity contribution in [3.63, 3.8) is 0 Å². The van der Waals surface area contributed by atoms with Crippen molar-refractivity contribution in [3.8, 4) is 0 Å². The maximum Gasteiger partial charge on any atom is 0.252 e. The summed E-state index contributed by atoms with van der Waals surface area (Å²) in [5.41, 5.74) is 0.627. The Labute approximate surface area is 143 Å². The summed E-state index contributed by atoms with van der Waals surface area (Å²) in [4.78, 5) is 18.8. The molecule has 0 bridgehead atoms. The first kappa shape index (κ1) is 16.0. The second-order valence-corrected chi connectivity index (χ2v) is 7.62. The Hall–Kier alpha value is -1.46. The fourth-order valence-corrected chi connectivity index (χ4v) is 4.62. The van der Waals surface area contributed by atoms with E-state index in [1.807, 2.05) is 0 Å². The number of aromatic nitrogens is 1. The number of ether oxygens (including phenoxy) is 1. The van der Waals surface area contributed by atoms with Gasteiger partial charge < -0.3 is 15.0 Å². The minimum atomic E-state index is -0.0349. The van der Waals surface area contributed by atoms with Crippen LogP contribution in [0.4, 0.5) is 0 Å². The first-order valence-electron chi connectivity index (χ1n) is 9.32. The van der Waals surface area contributed by atoms with Crippen molar-refractivity contribution >= 4 is 5.91 Å². The van der Waals surface area contributed by atoms with Gasteiger partial charge in [0, 0.05) is 50.4 Å². The Morgan fingerprint density at radius 3 is 3.00 bits per heavy atom. The molecule has 1 aromatic rings. The van der Waals surface area contributed by atoms with Gasteiger partial charge in [0.05, 0.1) is 18.3 Å². The van der Waals surface area contributed by atoms with E-state index in [0.717, 1.165) is 25.6 Å². The molecule has 4 rings (SSSR count). The number of pyridine rings is 1. The zero-order valence-electron chi connectivity index (χ0n) is 14.2. The summed E-state index contributed by atoms with van der Waals surface area (Å²) in [6, 6.07) is 3.59. The molecule has 0 radical (unpaired) electrons. The van der Waals surface area contributed by atoms with Crippen LogP contribution < -0.4 is 5.32 Å². The molecular formula is C19H27N3O2. The highest BCUT2D eigenvalue weighted by atomic mass is 16.5. The predicted octanol–water partition coefficient (Wildman–Crippen LogP) is 1.95. The van der Waals surface area contributed by atoms with Gasteiger partial charge in [0.25, 0.3) is 5.91 Å². The number of carbonyl (C=O) groups is 1. The Morgan fingerprint density at radius 1 is 1.33 bits per heavy atom. The largest absolute Gasteiger partial charge is 0.376 e. The number of fused-ring (bicyclic) bond motifs is 1. The Bertz CT molecular complexity index is 559. The molecule has 1 saturated carbocycles. The summed E-state index contributed by atoms with van der Waals surface area (Å²) in [5.74, 6) is 1.87. The third kappa shape index (κ3) is 3.47. The van der Waals surface area contributed by atoms with Crippen LogP contribution in [0.1, 0.15) is 36.0 Å². The average Bonchev–Trinajstić information content (AvgIpc) is 3.32. The fraction of sp³-hybridized carbons (Fsp3) is 0.684. The third-order valence-corrected chi connectivity index (χ3v) is 5.95. The SMILES string of the molecule is O=C(NC[C@@H]1CO[C@@H]2CN(CC3CCCC3)C[C@H]12)c1cccnc1. The highest BCUT2D eigenvalue weighted by Crippen LogP contribution is 2.35. The van der Waals surface area contributed by atoms with Crippen molar-refractivity contribution in [2.24, 2.45) is 17.8 Å². The standard InChI is InChI=1S/C19H27N3O2/c23-19(15-6-3-7-20-8-15)21-9-16-13-24-18-12-22(11-17(16)18)10-14-4-1-2-5-14/h3,6-8,14,16-18H,1-2,4-5,9-13H2,(H,21,23)/t16-,17-,18-/m1/s1. The topological polar surface area (TPSA) is 54.5 Å². The molecule has 3 fully saturated rings. The van der Waals surface area contributed by atoms with Gasteiger partial charge in [0.2, 0.25) is 0 Å². The number of nitrogens with zero attached hydrogens (tertiary/aromatic N) is 2. The Balaban J connectivity index is 1.27. The van der Waals surface area contributed by atoms with Gasteiger partial charge in [0.15, 0.2) is 0 Å². The number of likely N-dealkylation sites (tertiary alicyclic amines) is 1.